The summed E-state index contributed by atoms with van der Waals surface area (Å²) < 4.78 is 4.65. The van der Waals surface area contributed by atoms with Crippen LogP contribution in [0.15, 0.2) is 4.99 Å². The van der Waals surface area contributed by atoms with E-state index in [4.69, 9.17) is 0 Å². The minimum Gasteiger partial charge on any atom is -0.465 e. The second-order valence-electron chi connectivity index (χ2n) is 2.21. The van der Waals surface area contributed by atoms with Gasteiger partial charge in [0, 0.05) is 6.04 Å². The Kier molecular flexibility index (Phi) is 3.03. The molecule has 0 radical (unpaired) electrons. The van der Waals surface area contributed by atoms with E-state index < -0.39 is 17.8 Å². The van der Waals surface area contributed by atoms with Gasteiger partial charge in [0.25, 0.3) is 5.91 Å². The quantitative estimate of drug-likeness (QED) is 0.346. The number of amides is 1. The highest BCUT2D eigenvalue weighted by atomic mass is 16.5. The van der Waals surface area contributed by atoms with Crippen LogP contribution in [0, 0.1) is 17.9 Å². The summed E-state index contributed by atoms with van der Waals surface area (Å²) in [5, 5.41) is 2.28. The molecule has 1 atom stereocenters. The molecule has 0 fully saturated rings. The minimum atomic E-state index is -1.07. The van der Waals surface area contributed by atoms with Crippen molar-refractivity contribution in [2.45, 2.75) is 6.92 Å². The largest absolute Gasteiger partial charge is 0.465 e. The molecule has 0 spiro atoms. The van der Waals surface area contributed by atoms with Crippen molar-refractivity contribution in [3.05, 3.63) is 0 Å². The van der Waals surface area contributed by atoms with Gasteiger partial charge in [0.15, 0.2) is 5.92 Å². The van der Waals surface area contributed by atoms with Gasteiger partial charge < -0.3 is 10.1 Å². The van der Waals surface area contributed by atoms with E-state index in [1.807, 2.05) is 0 Å². The molecule has 5 heteroatoms. The number of carbonyl (C=O) groups excluding carboxylic acids is 2. The Labute approximate surface area is 75.2 Å². The summed E-state index contributed by atoms with van der Waals surface area (Å²) in [5.41, 5.74) is 0. The summed E-state index contributed by atoms with van der Waals surface area (Å²) in [7, 11) is 0. The SMILES string of the molecule is CCOC(=O)C1C#CN=CNC1=O. The number of ether oxygens (including phenoxy) is 1. The van der Waals surface area contributed by atoms with E-state index in [1.54, 1.807) is 6.92 Å². The summed E-state index contributed by atoms with van der Waals surface area (Å²) in [6, 6.07) is 2.30. The summed E-state index contributed by atoms with van der Waals surface area (Å²) in [5.74, 6) is 0.166. The van der Waals surface area contributed by atoms with Crippen molar-refractivity contribution in [2.24, 2.45) is 10.9 Å². The van der Waals surface area contributed by atoms with Gasteiger partial charge in [0.1, 0.15) is 6.34 Å². The van der Waals surface area contributed by atoms with Crippen LogP contribution in [-0.4, -0.2) is 24.8 Å². The molecule has 68 valence electrons. The molecule has 1 aliphatic rings. The van der Waals surface area contributed by atoms with Crippen LogP contribution < -0.4 is 5.32 Å². The van der Waals surface area contributed by atoms with Crippen molar-refractivity contribution in [2.75, 3.05) is 6.61 Å². The highest BCUT2D eigenvalue weighted by Crippen LogP contribution is 1.99. The minimum absolute atomic E-state index is 0.227. The Morgan fingerprint density at radius 2 is 2.62 bits per heavy atom. The zero-order chi connectivity index (χ0) is 9.68. The van der Waals surface area contributed by atoms with E-state index in [1.165, 1.54) is 0 Å². The number of nitrogens with one attached hydrogen (secondary N) is 1. The van der Waals surface area contributed by atoms with E-state index in [0.717, 1.165) is 6.34 Å². The number of hydrogen-bond donors (Lipinski definition) is 1. The first-order valence-corrected chi connectivity index (χ1v) is 3.74. The fraction of sp³-hybridized carbons (Fsp3) is 0.375. The van der Waals surface area contributed by atoms with Gasteiger partial charge in [-0.25, -0.2) is 0 Å². The summed E-state index contributed by atoms with van der Waals surface area (Å²) in [6.07, 6.45) is 1.15. The predicted octanol–water partition coefficient (Wildman–Crippen LogP) is -0.715. The molecular weight excluding hydrogens is 172 g/mol. The average molecular weight is 180 g/mol. The van der Waals surface area contributed by atoms with Crippen molar-refractivity contribution >= 4 is 18.2 Å². The van der Waals surface area contributed by atoms with Crippen molar-refractivity contribution in [1.29, 1.82) is 0 Å². The molecule has 1 heterocycles. The third-order valence-corrected chi connectivity index (χ3v) is 1.33. The van der Waals surface area contributed by atoms with Crippen molar-refractivity contribution in [3.8, 4) is 12.0 Å². The maximum Gasteiger partial charge on any atom is 0.330 e. The Hall–Kier alpha value is -1.83. The molecule has 0 bridgehead atoms. The molecule has 1 rings (SSSR count). The van der Waals surface area contributed by atoms with Crippen LogP contribution in [0.5, 0.6) is 0 Å². The van der Waals surface area contributed by atoms with Gasteiger partial charge in [-0.15, -0.1) is 0 Å². The number of carbonyl (C=O) groups is 2. The highest BCUT2D eigenvalue weighted by Gasteiger charge is 2.26. The van der Waals surface area contributed by atoms with E-state index in [0.29, 0.717) is 0 Å². The molecule has 1 N–H and O–H groups in total. The Bertz CT molecular complexity index is 311. The van der Waals surface area contributed by atoms with Gasteiger partial charge in [0.05, 0.1) is 6.61 Å². The highest BCUT2D eigenvalue weighted by molar-refractivity contribution is 6.05. The summed E-state index contributed by atoms with van der Waals surface area (Å²) >= 11 is 0. The van der Waals surface area contributed by atoms with Crippen molar-refractivity contribution in [1.82, 2.24) is 5.32 Å². The fourth-order valence-corrected chi connectivity index (χ4v) is 0.770. The van der Waals surface area contributed by atoms with Gasteiger partial charge >= 0.3 is 5.97 Å². The Morgan fingerprint density at radius 3 is 3.31 bits per heavy atom. The smallest absolute Gasteiger partial charge is 0.330 e. The maximum absolute atomic E-state index is 11.1. The zero-order valence-corrected chi connectivity index (χ0v) is 7.03. The zero-order valence-electron chi connectivity index (χ0n) is 7.03. The molecule has 5 nitrogen and oxygen atoms in total. The number of rotatable bonds is 2. The Balaban J connectivity index is 2.72. The van der Waals surface area contributed by atoms with Gasteiger partial charge in [-0.2, -0.15) is 4.99 Å². The molecular formula is C8H8N2O3. The lowest BCUT2D eigenvalue weighted by atomic mass is 10.1. The first-order chi connectivity index (χ1) is 6.25. The molecule has 1 unspecified atom stereocenters. The van der Waals surface area contributed by atoms with Crippen molar-refractivity contribution in [3.63, 3.8) is 0 Å². The lowest BCUT2D eigenvalue weighted by Crippen LogP contribution is -2.34. The second-order valence-corrected chi connectivity index (χ2v) is 2.21. The van der Waals surface area contributed by atoms with Crippen LogP contribution in [-0.2, 0) is 14.3 Å². The van der Waals surface area contributed by atoms with Crippen molar-refractivity contribution < 1.29 is 14.3 Å². The normalized spacial score (nSPS) is 19.5. The molecule has 0 aromatic heterocycles. The number of nitrogens with zero attached hydrogens (tertiary/aromatic N) is 1. The Morgan fingerprint density at radius 1 is 1.85 bits per heavy atom. The molecule has 13 heavy (non-hydrogen) atoms. The standard InChI is InChI=1S/C8H8N2O3/c1-2-13-8(12)6-3-4-9-5-10-7(6)11/h5-6H,2H2,1H3,(H,9,10,11). The van der Waals surface area contributed by atoms with E-state index in [-0.39, 0.29) is 6.61 Å². The number of esters is 1. The lowest BCUT2D eigenvalue weighted by Gasteiger charge is -2.06. The van der Waals surface area contributed by atoms with Gasteiger partial charge in [0.2, 0.25) is 0 Å². The van der Waals surface area contributed by atoms with E-state index in [9.17, 15) is 9.59 Å². The van der Waals surface area contributed by atoms with Crippen LogP contribution in [0.1, 0.15) is 6.92 Å². The molecule has 0 aliphatic carbocycles. The lowest BCUT2D eigenvalue weighted by molar-refractivity contribution is -0.149. The molecule has 0 aromatic rings. The fourth-order valence-electron chi connectivity index (χ4n) is 0.770. The molecule has 0 saturated carbocycles. The third-order valence-electron chi connectivity index (χ3n) is 1.33. The molecule has 0 saturated heterocycles. The third kappa shape index (κ3) is 2.30. The second kappa shape index (κ2) is 4.26. The number of aliphatic imine (C=N–C) groups is 1. The monoisotopic (exact) mass is 180 g/mol. The average Bonchev–Trinajstić information content (AvgIpc) is 2.30. The van der Waals surface area contributed by atoms with Gasteiger partial charge in [-0.1, -0.05) is 5.92 Å². The van der Waals surface area contributed by atoms with Crippen LogP contribution in [0.25, 0.3) is 0 Å². The first kappa shape index (κ1) is 9.26. The van der Waals surface area contributed by atoms with Crippen LogP contribution in [0.4, 0.5) is 0 Å². The maximum atomic E-state index is 11.1. The molecule has 0 aromatic carbocycles. The van der Waals surface area contributed by atoms with E-state index >= 15 is 0 Å². The van der Waals surface area contributed by atoms with Crippen LogP contribution in [0.3, 0.4) is 0 Å². The molecule has 1 aliphatic heterocycles. The summed E-state index contributed by atoms with van der Waals surface area (Å²) in [4.78, 5) is 25.7. The molecule has 1 amide bonds. The van der Waals surface area contributed by atoms with E-state index in [2.05, 4.69) is 27.0 Å². The van der Waals surface area contributed by atoms with Gasteiger partial charge in [-0.3, -0.25) is 9.59 Å². The first-order valence-electron chi connectivity index (χ1n) is 3.74. The van der Waals surface area contributed by atoms with Crippen LogP contribution >= 0.6 is 0 Å². The van der Waals surface area contributed by atoms with Gasteiger partial charge in [-0.05, 0) is 6.92 Å². The predicted molar refractivity (Wildman–Crippen MR) is 44.5 cm³/mol. The summed E-state index contributed by atoms with van der Waals surface area (Å²) in [6.45, 7) is 1.89. The number of hydrogen-bond acceptors (Lipinski definition) is 4. The topological polar surface area (TPSA) is 67.8 Å². The van der Waals surface area contributed by atoms with Crippen LogP contribution in [0.2, 0.25) is 0 Å².